The minimum atomic E-state index is -5.31. The van der Waals surface area contributed by atoms with Crippen LogP contribution in [0.25, 0.3) is 11.2 Å². The van der Waals surface area contributed by atoms with Crippen molar-refractivity contribution in [1.29, 1.82) is 0 Å². The van der Waals surface area contributed by atoms with Gasteiger partial charge >= 0.3 is 15.6 Å². The highest BCUT2D eigenvalue weighted by molar-refractivity contribution is 7.61. The van der Waals surface area contributed by atoms with Crippen LogP contribution in [0.5, 0.6) is 0 Å². The van der Waals surface area contributed by atoms with E-state index in [1.807, 2.05) is 0 Å². The Balaban J connectivity index is 1.34. The number of aliphatic hydroxyl groups excluding tert-OH is 5. The maximum absolute atomic E-state index is 12.2. The van der Waals surface area contributed by atoms with Crippen molar-refractivity contribution >= 4 is 32.6 Å². The van der Waals surface area contributed by atoms with Crippen LogP contribution in [-0.2, 0) is 32.0 Å². The molecule has 4 rings (SSSR count). The molecule has 19 nitrogen and oxygen atoms in total. The largest absolute Gasteiger partial charge is 0.481 e. The summed E-state index contributed by atoms with van der Waals surface area (Å²) in [7, 11) is -10.6. The monoisotopic (exact) mass is 559 g/mol. The van der Waals surface area contributed by atoms with Gasteiger partial charge in [0.25, 0.3) is 0 Å². The van der Waals surface area contributed by atoms with Gasteiger partial charge < -0.3 is 50.5 Å². The van der Waals surface area contributed by atoms with Crippen LogP contribution in [0.4, 0.5) is 5.82 Å². The number of fused-ring (bicyclic) bond motifs is 1. The van der Waals surface area contributed by atoms with Crippen molar-refractivity contribution in [2.45, 2.75) is 49.1 Å². The Kier molecular flexibility index (Phi) is 7.78. The van der Waals surface area contributed by atoms with Crippen molar-refractivity contribution < 1.29 is 67.3 Å². The first-order chi connectivity index (χ1) is 16.8. The van der Waals surface area contributed by atoms with E-state index in [1.54, 1.807) is 0 Å². The maximum Gasteiger partial charge on any atom is 0.481 e. The summed E-state index contributed by atoms with van der Waals surface area (Å²) in [6, 6.07) is 0. The van der Waals surface area contributed by atoms with E-state index in [0.29, 0.717) is 0 Å². The second-order valence-electron chi connectivity index (χ2n) is 7.79. The number of aliphatic hydroxyl groups is 5. The van der Waals surface area contributed by atoms with Gasteiger partial charge in [0.1, 0.15) is 48.5 Å². The smallest absolute Gasteiger partial charge is 0.387 e. The number of hydrogen-bond donors (Lipinski definition) is 8. The lowest BCUT2D eigenvalue weighted by molar-refractivity contribution is -0.132. The summed E-state index contributed by atoms with van der Waals surface area (Å²) in [4.78, 5) is 31.3. The number of phosphoric ester groups is 2. The summed E-state index contributed by atoms with van der Waals surface area (Å²) >= 11 is 0. The van der Waals surface area contributed by atoms with E-state index in [4.69, 9.17) is 15.2 Å². The topological polar surface area (TPSA) is 292 Å². The summed E-state index contributed by atoms with van der Waals surface area (Å²) in [5, 5.41) is 49.0. The quantitative estimate of drug-likeness (QED) is 0.140. The molecule has 202 valence electrons. The molecule has 2 aliphatic rings. The van der Waals surface area contributed by atoms with Gasteiger partial charge in [-0.1, -0.05) is 0 Å². The number of phosphoric acid groups is 2. The van der Waals surface area contributed by atoms with E-state index >= 15 is 0 Å². The Morgan fingerprint density at radius 1 is 0.889 bits per heavy atom. The molecule has 21 heteroatoms. The average Bonchev–Trinajstić information content (AvgIpc) is 3.42. The molecular formula is C15H23N5O14P2. The highest BCUT2D eigenvalue weighted by Crippen LogP contribution is 2.60. The van der Waals surface area contributed by atoms with Gasteiger partial charge in [-0.05, 0) is 0 Å². The minimum absolute atomic E-state index is 0.0575. The molecule has 0 aliphatic carbocycles. The predicted octanol–water partition coefficient (Wildman–Crippen LogP) is -3.28. The number of imidazole rings is 1. The fourth-order valence-corrected chi connectivity index (χ4v) is 5.62. The zero-order valence-corrected chi connectivity index (χ0v) is 19.7. The van der Waals surface area contributed by atoms with Gasteiger partial charge in [-0.25, -0.2) is 24.1 Å². The molecule has 2 aromatic heterocycles. The van der Waals surface area contributed by atoms with Crippen LogP contribution < -0.4 is 5.73 Å². The number of rotatable bonds is 9. The van der Waals surface area contributed by atoms with Crippen molar-refractivity contribution in [3.8, 4) is 0 Å². The standard InChI is InChI=1S/C15H23N5O14P2/c16-12-7-13(18-3-17-12)20(4-19-7)14-10(23)8(21)5(32-14)1-30-35(26,27)34-36(28,29)31-2-6-9(22)11(24)15(25)33-6/h3-6,8-11,14-15,21-25H,1-2H2,(H,26,27)(H,28,29)(H2,16,17,18)/t5-,6+,8-,9+,10-,11+,14-,15+/m1/s1. The van der Waals surface area contributed by atoms with Gasteiger partial charge in [-0.3, -0.25) is 13.6 Å². The van der Waals surface area contributed by atoms with Crippen LogP contribution >= 0.6 is 15.6 Å². The van der Waals surface area contributed by atoms with Crippen molar-refractivity contribution in [2.75, 3.05) is 18.9 Å². The van der Waals surface area contributed by atoms with Gasteiger partial charge in [-0.2, -0.15) is 4.31 Å². The van der Waals surface area contributed by atoms with E-state index in [-0.39, 0.29) is 17.0 Å². The fourth-order valence-electron chi connectivity index (χ4n) is 3.53. The lowest BCUT2D eigenvalue weighted by atomic mass is 10.1. The fraction of sp³-hybridized carbons (Fsp3) is 0.667. The average molecular weight is 559 g/mol. The Bertz CT molecular complexity index is 1180. The number of hydrogen-bond acceptors (Lipinski definition) is 16. The Morgan fingerprint density at radius 3 is 2.06 bits per heavy atom. The molecule has 10 atom stereocenters. The molecule has 0 spiro atoms. The first-order valence-electron chi connectivity index (χ1n) is 10.1. The summed E-state index contributed by atoms with van der Waals surface area (Å²) in [5.74, 6) is 0.0575. The summed E-state index contributed by atoms with van der Waals surface area (Å²) in [6.45, 7) is -1.79. The van der Waals surface area contributed by atoms with E-state index < -0.39 is 78.0 Å². The van der Waals surface area contributed by atoms with E-state index in [0.717, 1.165) is 6.33 Å². The zero-order valence-electron chi connectivity index (χ0n) is 17.9. The predicted molar refractivity (Wildman–Crippen MR) is 111 cm³/mol. The Labute approximate surface area is 200 Å². The number of nitrogen functional groups attached to an aromatic ring is 1. The summed E-state index contributed by atoms with van der Waals surface area (Å²) < 4.78 is 48.8. The van der Waals surface area contributed by atoms with Crippen LogP contribution in [0.1, 0.15) is 6.23 Å². The van der Waals surface area contributed by atoms with Crippen molar-refractivity contribution in [3.05, 3.63) is 12.7 Å². The van der Waals surface area contributed by atoms with Gasteiger partial charge in [0.05, 0.1) is 19.5 Å². The maximum atomic E-state index is 12.2. The summed E-state index contributed by atoms with van der Waals surface area (Å²) in [6.07, 6.45) is -10.1. The molecule has 36 heavy (non-hydrogen) atoms. The molecule has 0 saturated carbocycles. The number of nitrogens with zero attached hydrogens (tertiary/aromatic N) is 4. The molecule has 2 fully saturated rings. The number of anilines is 1. The third kappa shape index (κ3) is 5.59. The second-order valence-corrected chi connectivity index (χ2v) is 10.8. The van der Waals surface area contributed by atoms with E-state index in [9.17, 15) is 44.4 Å². The SMILES string of the molecule is Nc1ncnc2c1ncn2[C@@H]1O[C@H](COP(=O)(O)OP(=O)(O)OC[C@@H]2O[C@H](O)[C@@H](O)[C@H]2O)[C@@H](O)[C@H]1O. The molecular weight excluding hydrogens is 536 g/mol. The number of ether oxygens (including phenoxy) is 2. The molecule has 0 aromatic carbocycles. The van der Waals surface area contributed by atoms with Crippen molar-refractivity contribution in [3.63, 3.8) is 0 Å². The van der Waals surface area contributed by atoms with Gasteiger partial charge in [0.2, 0.25) is 0 Å². The lowest BCUT2D eigenvalue weighted by Gasteiger charge is -2.20. The molecule has 2 unspecified atom stereocenters. The van der Waals surface area contributed by atoms with E-state index in [1.165, 1.54) is 10.9 Å². The molecule has 9 N–H and O–H groups in total. The van der Waals surface area contributed by atoms with E-state index in [2.05, 4.69) is 28.3 Å². The minimum Gasteiger partial charge on any atom is -0.387 e. The Morgan fingerprint density at radius 2 is 1.47 bits per heavy atom. The zero-order chi connectivity index (χ0) is 26.4. The highest BCUT2D eigenvalue weighted by atomic mass is 31.3. The first-order valence-corrected chi connectivity index (χ1v) is 13.1. The molecule has 0 amide bonds. The third-order valence-electron chi connectivity index (χ3n) is 5.35. The number of nitrogens with two attached hydrogens (primary N) is 1. The molecule has 2 aromatic rings. The molecule has 0 radical (unpaired) electrons. The van der Waals surface area contributed by atoms with Crippen LogP contribution in [-0.4, -0.2) is 111 Å². The van der Waals surface area contributed by atoms with Gasteiger partial charge in [0, 0.05) is 0 Å². The van der Waals surface area contributed by atoms with Crippen molar-refractivity contribution in [1.82, 2.24) is 19.5 Å². The van der Waals surface area contributed by atoms with Crippen LogP contribution in [0.15, 0.2) is 12.7 Å². The van der Waals surface area contributed by atoms with Crippen LogP contribution in [0, 0.1) is 0 Å². The highest BCUT2D eigenvalue weighted by Gasteiger charge is 2.47. The van der Waals surface area contributed by atoms with Gasteiger partial charge in [0.15, 0.2) is 24.0 Å². The molecule has 0 bridgehead atoms. The normalized spacial score (nSPS) is 36.2. The third-order valence-corrected chi connectivity index (χ3v) is 7.95. The number of aromatic nitrogens is 4. The van der Waals surface area contributed by atoms with Crippen LogP contribution in [0.2, 0.25) is 0 Å². The first kappa shape index (κ1) is 27.4. The summed E-state index contributed by atoms with van der Waals surface area (Å²) in [5.41, 5.74) is 6.09. The van der Waals surface area contributed by atoms with Gasteiger partial charge in [-0.15, -0.1) is 0 Å². The van der Waals surface area contributed by atoms with Crippen molar-refractivity contribution in [2.24, 2.45) is 0 Å². The lowest BCUT2D eigenvalue weighted by Crippen LogP contribution is -2.34. The molecule has 4 heterocycles. The molecule has 2 saturated heterocycles. The second kappa shape index (κ2) is 10.2. The molecule has 2 aliphatic heterocycles. The Hall–Kier alpha value is -1.67. The van der Waals surface area contributed by atoms with Crippen LogP contribution in [0.3, 0.4) is 0 Å².